The van der Waals surface area contributed by atoms with Crippen molar-refractivity contribution in [2.45, 2.75) is 51.5 Å². The predicted octanol–water partition coefficient (Wildman–Crippen LogP) is 1.67. The molecule has 0 aliphatic rings. The van der Waals surface area contributed by atoms with E-state index in [0.717, 1.165) is 19.3 Å². The topological polar surface area (TPSA) is 122 Å². The number of hydrogen-bond donors (Lipinski definition) is 2. The lowest BCUT2D eigenvalue weighted by Crippen LogP contribution is -2.35. The number of carbonyl (C=O) groups is 1. The Kier molecular flexibility index (Phi) is 11.3. The molecule has 1 unspecified atom stereocenters. The van der Waals surface area contributed by atoms with Crippen LogP contribution in [0, 0.1) is 0 Å². The van der Waals surface area contributed by atoms with Crippen LogP contribution in [0.5, 0.6) is 0 Å². The zero-order valence-corrected chi connectivity index (χ0v) is 13.6. The number of unbranched alkanes of at least 4 members (excludes halogenated alkanes) is 1. The average Bonchev–Trinajstić information content (AvgIpc) is 2.44. The van der Waals surface area contributed by atoms with Crippen molar-refractivity contribution in [1.82, 2.24) is 5.32 Å². The second-order valence-corrected chi connectivity index (χ2v) is 6.45. The standard InChI is InChI=1S/C13H24N2O6S/c1-2-3-6-12(7-4-8-14-11-16)15-13(17)21-9-5-10-22(18,19)20/h12H,2-10H2,1H3,(H,15,17)(H,18,19,20). The first-order valence-corrected chi connectivity index (χ1v) is 8.92. The molecule has 0 radical (unpaired) electrons. The highest BCUT2D eigenvalue weighted by Gasteiger charge is 2.13. The largest absolute Gasteiger partial charge is 0.450 e. The number of nitrogens with one attached hydrogen (secondary N) is 1. The number of amides is 1. The first-order chi connectivity index (χ1) is 10.4. The van der Waals surface area contributed by atoms with Crippen LogP contribution in [0.1, 0.15) is 45.4 Å². The predicted molar refractivity (Wildman–Crippen MR) is 81.1 cm³/mol. The monoisotopic (exact) mass is 336 g/mol. The van der Waals surface area contributed by atoms with Crippen LogP contribution in [0.3, 0.4) is 0 Å². The molecule has 0 aliphatic heterocycles. The van der Waals surface area contributed by atoms with Crippen molar-refractivity contribution in [3.63, 3.8) is 0 Å². The number of carbonyl (C=O) groups excluding carboxylic acids is 2. The fourth-order valence-corrected chi connectivity index (χ4v) is 2.30. The fourth-order valence-electron chi connectivity index (χ4n) is 1.82. The number of nitrogens with zero attached hydrogens (tertiary/aromatic N) is 1. The molecule has 0 aromatic heterocycles. The van der Waals surface area contributed by atoms with Crippen LogP contribution in [0.15, 0.2) is 4.99 Å². The van der Waals surface area contributed by atoms with E-state index in [-0.39, 0.29) is 19.1 Å². The SMILES string of the molecule is CCCCC(CCCN=C=O)NC(=O)OCCCS(=O)(=O)O. The molecule has 2 N–H and O–H groups in total. The van der Waals surface area contributed by atoms with E-state index in [1.54, 1.807) is 0 Å². The summed E-state index contributed by atoms with van der Waals surface area (Å²) in [5.41, 5.74) is 0. The van der Waals surface area contributed by atoms with Crippen LogP contribution in [-0.4, -0.2) is 50.1 Å². The van der Waals surface area contributed by atoms with E-state index in [1.807, 2.05) is 6.92 Å². The van der Waals surface area contributed by atoms with E-state index >= 15 is 0 Å². The molecule has 1 atom stereocenters. The van der Waals surface area contributed by atoms with Gasteiger partial charge in [0.05, 0.1) is 18.9 Å². The minimum absolute atomic E-state index is 0.0416. The molecule has 8 nitrogen and oxygen atoms in total. The van der Waals surface area contributed by atoms with Crippen molar-refractivity contribution in [1.29, 1.82) is 0 Å². The van der Waals surface area contributed by atoms with Gasteiger partial charge in [-0.15, -0.1) is 0 Å². The first kappa shape index (κ1) is 20.6. The molecule has 0 aliphatic carbocycles. The Morgan fingerprint density at radius 1 is 1.32 bits per heavy atom. The van der Waals surface area contributed by atoms with E-state index < -0.39 is 22.0 Å². The molecule has 0 rings (SSSR count). The van der Waals surface area contributed by atoms with Gasteiger partial charge in [-0.3, -0.25) is 4.55 Å². The molecular formula is C13H24N2O6S. The number of ether oxygens (including phenoxy) is 1. The fraction of sp³-hybridized carbons (Fsp3) is 0.846. The summed E-state index contributed by atoms with van der Waals surface area (Å²) >= 11 is 0. The number of hydrogen-bond acceptors (Lipinski definition) is 6. The molecule has 9 heteroatoms. The first-order valence-electron chi connectivity index (χ1n) is 7.31. The van der Waals surface area contributed by atoms with Gasteiger partial charge in [-0.1, -0.05) is 19.8 Å². The average molecular weight is 336 g/mol. The minimum atomic E-state index is -4.03. The highest BCUT2D eigenvalue weighted by atomic mass is 32.2. The summed E-state index contributed by atoms with van der Waals surface area (Å²) in [5.74, 6) is -0.441. The van der Waals surface area contributed by atoms with Gasteiger partial charge >= 0.3 is 6.09 Å². The third-order valence-corrected chi connectivity index (χ3v) is 3.70. The summed E-state index contributed by atoms with van der Waals surface area (Å²) in [4.78, 5) is 25.0. The quantitative estimate of drug-likeness (QED) is 0.242. The third kappa shape index (κ3) is 13.5. The van der Waals surface area contributed by atoms with Crippen LogP contribution in [0.25, 0.3) is 0 Å². The van der Waals surface area contributed by atoms with E-state index in [9.17, 15) is 18.0 Å². The Morgan fingerprint density at radius 2 is 2.00 bits per heavy atom. The molecule has 128 valence electrons. The molecule has 0 aromatic carbocycles. The van der Waals surface area contributed by atoms with E-state index in [4.69, 9.17) is 9.29 Å². The highest BCUT2D eigenvalue weighted by molar-refractivity contribution is 7.85. The Bertz CT molecular complexity index is 459. The smallest absolute Gasteiger partial charge is 0.407 e. The Morgan fingerprint density at radius 3 is 2.59 bits per heavy atom. The Balaban J connectivity index is 4.04. The lowest BCUT2D eigenvalue weighted by atomic mass is 10.1. The van der Waals surface area contributed by atoms with Crippen molar-refractivity contribution in [2.24, 2.45) is 4.99 Å². The van der Waals surface area contributed by atoms with Gasteiger partial charge in [-0.25, -0.2) is 14.6 Å². The van der Waals surface area contributed by atoms with E-state index in [1.165, 1.54) is 6.08 Å². The summed E-state index contributed by atoms with van der Waals surface area (Å²) in [5, 5.41) is 2.71. The molecule has 0 saturated carbocycles. The molecule has 22 heavy (non-hydrogen) atoms. The van der Waals surface area contributed by atoms with Gasteiger partial charge < -0.3 is 10.1 Å². The molecule has 1 amide bonds. The van der Waals surface area contributed by atoms with Crippen LogP contribution in [0.4, 0.5) is 4.79 Å². The van der Waals surface area contributed by atoms with E-state index in [0.29, 0.717) is 19.4 Å². The van der Waals surface area contributed by atoms with Crippen LogP contribution < -0.4 is 5.32 Å². The van der Waals surface area contributed by atoms with Gasteiger partial charge in [-0.2, -0.15) is 8.42 Å². The van der Waals surface area contributed by atoms with E-state index in [2.05, 4.69) is 10.3 Å². The summed E-state index contributed by atoms with van der Waals surface area (Å²) in [6, 6.07) is -0.0733. The van der Waals surface area contributed by atoms with Crippen molar-refractivity contribution < 1.29 is 27.3 Å². The molecule has 0 spiro atoms. The van der Waals surface area contributed by atoms with Crippen molar-refractivity contribution in [2.75, 3.05) is 18.9 Å². The molecule has 0 saturated heterocycles. The van der Waals surface area contributed by atoms with Crippen LogP contribution in [-0.2, 0) is 19.6 Å². The third-order valence-electron chi connectivity index (χ3n) is 2.89. The van der Waals surface area contributed by atoms with Gasteiger partial charge in [0.15, 0.2) is 0 Å². The Labute approximate surface area is 131 Å². The zero-order valence-electron chi connectivity index (χ0n) is 12.8. The minimum Gasteiger partial charge on any atom is -0.450 e. The normalized spacial score (nSPS) is 12.3. The maximum absolute atomic E-state index is 11.6. The van der Waals surface area contributed by atoms with Gasteiger partial charge in [0.1, 0.15) is 0 Å². The molecule has 0 bridgehead atoms. The molecule has 0 fully saturated rings. The van der Waals surface area contributed by atoms with Gasteiger partial charge in [-0.05, 0) is 25.7 Å². The Hall–Kier alpha value is -1.44. The second-order valence-electron chi connectivity index (χ2n) is 4.87. The van der Waals surface area contributed by atoms with Crippen molar-refractivity contribution >= 4 is 22.3 Å². The van der Waals surface area contributed by atoms with Crippen molar-refractivity contribution in [3.8, 4) is 0 Å². The molecular weight excluding hydrogens is 312 g/mol. The summed E-state index contributed by atoms with van der Waals surface area (Å²) in [6.07, 6.45) is 4.96. The number of rotatable bonds is 12. The number of aliphatic imine (C=N–C) groups is 1. The summed E-state index contributed by atoms with van der Waals surface area (Å²) in [7, 11) is -4.03. The second kappa shape index (κ2) is 12.1. The maximum Gasteiger partial charge on any atom is 0.407 e. The van der Waals surface area contributed by atoms with Gasteiger partial charge in [0.2, 0.25) is 6.08 Å². The van der Waals surface area contributed by atoms with Gasteiger partial charge in [0, 0.05) is 6.04 Å². The number of isocyanates is 1. The van der Waals surface area contributed by atoms with Crippen LogP contribution >= 0.6 is 0 Å². The lowest BCUT2D eigenvalue weighted by molar-refractivity contribution is 0.140. The maximum atomic E-state index is 11.6. The lowest BCUT2D eigenvalue weighted by Gasteiger charge is -2.17. The van der Waals surface area contributed by atoms with Crippen LogP contribution in [0.2, 0.25) is 0 Å². The highest BCUT2D eigenvalue weighted by Crippen LogP contribution is 2.07. The summed E-state index contributed by atoms with van der Waals surface area (Å²) in [6.45, 7) is 2.33. The van der Waals surface area contributed by atoms with Crippen molar-refractivity contribution in [3.05, 3.63) is 0 Å². The molecule has 0 heterocycles. The summed E-state index contributed by atoms with van der Waals surface area (Å²) < 4.78 is 34.4. The number of alkyl carbamates (subject to hydrolysis) is 1. The van der Waals surface area contributed by atoms with Gasteiger partial charge in [0.25, 0.3) is 10.1 Å². The molecule has 0 aromatic rings. The zero-order chi connectivity index (χ0) is 16.8.